The second kappa shape index (κ2) is 6.20. The van der Waals surface area contributed by atoms with E-state index in [0.717, 1.165) is 23.8 Å². The fourth-order valence-electron chi connectivity index (χ4n) is 2.47. The maximum Gasteiger partial charge on any atom is 0.123 e. The third-order valence-electron chi connectivity index (χ3n) is 3.94. The van der Waals surface area contributed by atoms with Gasteiger partial charge in [0.1, 0.15) is 5.82 Å². The summed E-state index contributed by atoms with van der Waals surface area (Å²) in [5, 5.41) is 3.58. The molecule has 2 rings (SSSR count). The molecule has 3 heteroatoms. The summed E-state index contributed by atoms with van der Waals surface area (Å²) in [5.74, 6) is 1.89. The van der Waals surface area contributed by atoms with Gasteiger partial charge in [0.2, 0.25) is 0 Å². The summed E-state index contributed by atoms with van der Waals surface area (Å²) in [6, 6.07) is 8.83. The normalized spacial score (nSPS) is 14.7. The lowest BCUT2D eigenvalue weighted by molar-refractivity contribution is 0.407. The molecule has 0 aliphatic heterocycles. The van der Waals surface area contributed by atoms with E-state index in [1.165, 1.54) is 18.4 Å². The molecule has 0 spiro atoms. The van der Waals surface area contributed by atoms with Crippen molar-refractivity contribution in [3.8, 4) is 0 Å². The molecule has 104 valence electrons. The van der Waals surface area contributed by atoms with Crippen molar-refractivity contribution in [1.29, 1.82) is 0 Å². The molecule has 3 nitrogen and oxygen atoms in total. The van der Waals surface area contributed by atoms with E-state index in [0.29, 0.717) is 6.04 Å². The van der Waals surface area contributed by atoms with E-state index in [4.69, 9.17) is 0 Å². The van der Waals surface area contributed by atoms with Gasteiger partial charge in [-0.15, -0.1) is 0 Å². The van der Waals surface area contributed by atoms with Gasteiger partial charge in [-0.25, -0.2) is 4.98 Å². The van der Waals surface area contributed by atoms with E-state index in [9.17, 15) is 0 Å². The highest BCUT2D eigenvalue weighted by Gasteiger charge is 2.10. The topological polar surface area (TPSA) is 29.9 Å². The molecule has 1 aromatic carbocycles. The Morgan fingerprint density at radius 1 is 1.26 bits per heavy atom. The first-order chi connectivity index (χ1) is 9.11. The number of aromatic nitrogens is 2. The van der Waals surface area contributed by atoms with Crippen LogP contribution in [0.3, 0.4) is 0 Å². The van der Waals surface area contributed by atoms with Crippen LogP contribution in [0.25, 0.3) is 11.0 Å². The molecule has 0 amide bonds. The number of nitrogens with zero attached hydrogens (tertiary/aromatic N) is 2. The van der Waals surface area contributed by atoms with Crippen LogP contribution in [-0.4, -0.2) is 15.6 Å². The molecule has 2 atom stereocenters. The Labute approximate surface area is 116 Å². The van der Waals surface area contributed by atoms with Crippen LogP contribution in [0.4, 0.5) is 0 Å². The van der Waals surface area contributed by atoms with Crippen LogP contribution in [0.5, 0.6) is 0 Å². The predicted octanol–water partition coefficient (Wildman–Crippen LogP) is 3.49. The van der Waals surface area contributed by atoms with Crippen LogP contribution in [-0.2, 0) is 13.6 Å². The number of fused-ring (bicyclic) bond motifs is 1. The minimum absolute atomic E-state index is 0.537. The highest BCUT2D eigenvalue weighted by molar-refractivity contribution is 5.75. The van der Waals surface area contributed by atoms with Gasteiger partial charge < -0.3 is 9.88 Å². The van der Waals surface area contributed by atoms with E-state index in [-0.39, 0.29) is 0 Å². The Kier molecular flexibility index (Phi) is 4.59. The lowest BCUT2D eigenvalue weighted by atomic mass is 10.0. The number of imidazole rings is 1. The van der Waals surface area contributed by atoms with E-state index >= 15 is 0 Å². The largest absolute Gasteiger partial charge is 0.330 e. The summed E-state index contributed by atoms with van der Waals surface area (Å²) < 4.78 is 2.18. The van der Waals surface area contributed by atoms with Crippen LogP contribution < -0.4 is 5.32 Å². The molecule has 1 aromatic heterocycles. The van der Waals surface area contributed by atoms with Crippen molar-refractivity contribution in [2.75, 3.05) is 0 Å². The zero-order valence-electron chi connectivity index (χ0n) is 12.5. The number of nitrogens with one attached hydrogen (secondary N) is 1. The Morgan fingerprint density at radius 3 is 2.68 bits per heavy atom. The number of hydrogen-bond acceptors (Lipinski definition) is 2. The first-order valence-electron chi connectivity index (χ1n) is 7.25. The van der Waals surface area contributed by atoms with Crippen LogP contribution in [0, 0.1) is 5.92 Å². The smallest absolute Gasteiger partial charge is 0.123 e. The first-order valence-corrected chi connectivity index (χ1v) is 7.25. The van der Waals surface area contributed by atoms with Crippen LogP contribution >= 0.6 is 0 Å². The van der Waals surface area contributed by atoms with Gasteiger partial charge in [-0.05, 0) is 31.4 Å². The van der Waals surface area contributed by atoms with Crippen molar-refractivity contribution in [2.45, 2.75) is 46.2 Å². The third kappa shape index (κ3) is 3.35. The Morgan fingerprint density at radius 2 is 2.00 bits per heavy atom. The van der Waals surface area contributed by atoms with Crippen LogP contribution in [0.1, 0.15) is 39.4 Å². The monoisotopic (exact) mass is 259 g/mol. The number of para-hydroxylation sites is 2. The molecule has 19 heavy (non-hydrogen) atoms. The van der Waals surface area contributed by atoms with E-state index in [2.05, 4.69) is 60.9 Å². The van der Waals surface area contributed by atoms with Gasteiger partial charge in [0.05, 0.1) is 17.6 Å². The van der Waals surface area contributed by atoms with Gasteiger partial charge in [-0.2, -0.15) is 0 Å². The Bertz CT molecular complexity index is 530. The molecule has 0 fully saturated rings. The Hall–Kier alpha value is -1.35. The summed E-state index contributed by atoms with van der Waals surface area (Å²) in [5.41, 5.74) is 2.28. The van der Waals surface area contributed by atoms with E-state index < -0.39 is 0 Å². The molecular weight excluding hydrogens is 234 g/mol. The third-order valence-corrected chi connectivity index (χ3v) is 3.94. The number of rotatable bonds is 6. The van der Waals surface area contributed by atoms with Crippen molar-refractivity contribution in [3.05, 3.63) is 30.1 Å². The molecular formula is C16H25N3. The van der Waals surface area contributed by atoms with Gasteiger partial charge in [-0.1, -0.05) is 32.4 Å². The zero-order valence-corrected chi connectivity index (χ0v) is 12.5. The average Bonchev–Trinajstić information content (AvgIpc) is 2.73. The zero-order chi connectivity index (χ0) is 13.8. The SMILES string of the molecule is CCC(C)CC(C)NCc1nc2ccccc2n1C. The average molecular weight is 259 g/mol. The lowest BCUT2D eigenvalue weighted by Gasteiger charge is -2.17. The molecule has 1 N–H and O–H groups in total. The summed E-state index contributed by atoms with van der Waals surface area (Å²) in [6.07, 6.45) is 2.47. The highest BCUT2D eigenvalue weighted by Crippen LogP contribution is 2.15. The lowest BCUT2D eigenvalue weighted by Crippen LogP contribution is -2.28. The minimum Gasteiger partial charge on any atom is -0.330 e. The summed E-state index contributed by atoms with van der Waals surface area (Å²) >= 11 is 0. The van der Waals surface area contributed by atoms with Gasteiger partial charge in [-0.3, -0.25) is 0 Å². The standard InChI is InChI=1S/C16H25N3/c1-5-12(2)10-13(3)17-11-16-18-14-8-6-7-9-15(14)19(16)4/h6-9,12-13,17H,5,10-11H2,1-4H3. The summed E-state index contributed by atoms with van der Waals surface area (Å²) in [6.45, 7) is 7.66. The molecule has 2 aromatic rings. The van der Waals surface area contributed by atoms with Crippen molar-refractivity contribution < 1.29 is 0 Å². The second-order valence-corrected chi connectivity index (χ2v) is 5.61. The summed E-state index contributed by atoms with van der Waals surface area (Å²) in [4.78, 5) is 4.68. The van der Waals surface area contributed by atoms with E-state index in [1.807, 2.05) is 6.07 Å². The number of hydrogen-bond donors (Lipinski definition) is 1. The molecule has 0 radical (unpaired) electrons. The first kappa shape index (κ1) is 14.1. The van der Waals surface area contributed by atoms with Gasteiger partial charge >= 0.3 is 0 Å². The molecule has 0 saturated heterocycles. The van der Waals surface area contributed by atoms with Gasteiger partial charge in [0.25, 0.3) is 0 Å². The van der Waals surface area contributed by atoms with Crippen molar-refractivity contribution in [2.24, 2.45) is 13.0 Å². The molecule has 0 aliphatic carbocycles. The van der Waals surface area contributed by atoms with Gasteiger partial charge in [0, 0.05) is 13.1 Å². The van der Waals surface area contributed by atoms with Crippen molar-refractivity contribution in [1.82, 2.24) is 14.9 Å². The number of benzene rings is 1. The molecule has 2 unspecified atom stereocenters. The molecule has 1 heterocycles. The maximum atomic E-state index is 4.68. The van der Waals surface area contributed by atoms with Crippen molar-refractivity contribution >= 4 is 11.0 Å². The van der Waals surface area contributed by atoms with Crippen LogP contribution in [0.2, 0.25) is 0 Å². The quantitative estimate of drug-likeness (QED) is 0.860. The summed E-state index contributed by atoms with van der Waals surface area (Å²) in [7, 11) is 2.09. The molecule has 0 aliphatic rings. The second-order valence-electron chi connectivity index (χ2n) is 5.61. The maximum absolute atomic E-state index is 4.68. The highest BCUT2D eigenvalue weighted by atomic mass is 15.1. The van der Waals surface area contributed by atoms with Gasteiger partial charge in [0.15, 0.2) is 0 Å². The molecule has 0 bridgehead atoms. The fraction of sp³-hybridized carbons (Fsp3) is 0.562. The Balaban J connectivity index is 2.00. The van der Waals surface area contributed by atoms with Crippen LogP contribution in [0.15, 0.2) is 24.3 Å². The molecule has 0 saturated carbocycles. The fourth-order valence-corrected chi connectivity index (χ4v) is 2.47. The minimum atomic E-state index is 0.537. The van der Waals surface area contributed by atoms with Crippen molar-refractivity contribution in [3.63, 3.8) is 0 Å². The van der Waals surface area contributed by atoms with E-state index in [1.54, 1.807) is 0 Å². The predicted molar refractivity (Wildman–Crippen MR) is 81.1 cm³/mol. The number of aryl methyl sites for hydroxylation is 1.